The average Bonchev–Trinajstić information content (AvgIpc) is 2.91. The van der Waals surface area contributed by atoms with E-state index in [-0.39, 0.29) is 11.0 Å². The summed E-state index contributed by atoms with van der Waals surface area (Å²) < 4.78 is 0. The van der Waals surface area contributed by atoms with Gasteiger partial charge in [0.2, 0.25) is 5.28 Å². The molecule has 0 saturated heterocycles. The van der Waals surface area contributed by atoms with Gasteiger partial charge in [-0.05, 0) is 30.5 Å². The van der Waals surface area contributed by atoms with Gasteiger partial charge in [-0.2, -0.15) is 0 Å². The highest BCUT2D eigenvalue weighted by Gasteiger charge is 2.18. The number of benzene rings is 1. The molecule has 0 radical (unpaired) electrons. The van der Waals surface area contributed by atoms with Gasteiger partial charge in [-0.25, -0.2) is 9.97 Å². The van der Waals surface area contributed by atoms with Gasteiger partial charge in [0.05, 0.1) is 10.4 Å². The number of hydrogen-bond donors (Lipinski definition) is 1. The van der Waals surface area contributed by atoms with E-state index in [0.29, 0.717) is 22.8 Å². The molecule has 0 amide bonds. The summed E-state index contributed by atoms with van der Waals surface area (Å²) in [5.41, 5.74) is 0.633. The maximum atomic E-state index is 10.9. The second kappa shape index (κ2) is 5.20. The maximum absolute atomic E-state index is 10.9. The molecule has 1 N–H and O–H groups in total. The van der Waals surface area contributed by atoms with Crippen molar-refractivity contribution in [1.82, 2.24) is 9.97 Å². The maximum Gasteiger partial charge on any atom is 0.270 e. The van der Waals surface area contributed by atoms with Crippen molar-refractivity contribution in [2.75, 3.05) is 5.32 Å². The number of nitro benzene ring substituents is 1. The zero-order valence-corrected chi connectivity index (χ0v) is 11.4. The summed E-state index contributed by atoms with van der Waals surface area (Å²) in [4.78, 5) is 18.8. The van der Waals surface area contributed by atoms with Crippen LogP contribution in [0.3, 0.4) is 0 Å². The second-order valence-electron chi connectivity index (χ2n) is 4.93. The van der Waals surface area contributed by atoms with E-state index in [1.165, 1.54) is 25.0 Å². The van der Waals surface area contributed by atoms with E-state index in [2.05, 4.69) is 15.3 Å². The van der Waals surface area contributed by atoms with Gasteiger partial charge in [0.25, 0.3) is 5.69 Å². The van der Waals surface area contributed by atoms with E-state index in [0.717, 1.165) is 12.8 Å². The van der Waals surface area contributed by atoms with Gasteiger partial charge in [0.15, 0.2) is 0 Å². The molecule has 6 nitrogen and oxygen atoms in total. The highest BCUT2D eigenvalue weighted by molar-refractivity contribution is 6.28. The average molecular weight is 293 g/mol. The fraction of sp³-hybridized carbons (Fsp3) is 0.385. The molecule has 7 heteroatoms. The fourth-order valence-electron chi connectivity index (χ4n) is 2.58. The SMILES string of the molecule is O=[N+]([O-])c1ccc2nc(Cl)nc(NC3CCCC3)c2c1. The third-order valence-corrected chi connectivity index (χ3v) is 3.73. The van der Waals surface area contributed by atoms with Crippen LogP contribution in [0.1, 0.15) is 25.7 Å². The number of anilines is 1. The van der Waals surface area contributed by atoms with Crippen LogP contribution in [0.25, 0.3) is 10.9 Å². The number of halogens is 1. The lowest BCUT2D eigenvalue weighted by Crippen LogP contribution is -2.16. The number of nitro groups is 1. The van der Waals surface area contributed by atoms with Crippen molar-refractivity contribution < 1.29 is 4.92 Å². The Kier molecular flexibility index (Phi) is 3.40. The first-order chi connectivity index (χ1) is 9.63. The normalized spacial score (nSPS) is 15.7. The smallest absolute Gasteiger partial charge is 0.270 e. The molecule has 1 aromatic heterocycles. The first-order valence-corrected chi connectivity index (χ1v) is 6.89. The first kappa shape index (κ1) is 13.1. The zero-order chi connectivity index (χ0) is 14.1. The summed E-state index contributed by atoms with van der Waals surface area (Å²) in [6, 6.07) is 4.86. The van der Waals surface area contributed by atoms with Gasteiger partial charge < -0.3 is 5.32 Å². The van der Waals surface area contributed by atoms with Crippen molar-refractivity contribution in [2.24, 2.45) is 0 Å². The van der Waals surface area contributed by atoms with E-state index < -0.39 is 4.92 Å². The van der Waals surface area contributed by atoms with Crippen molar-refractivity contribution in [2.45, 2.75) is 31.7 Å². The number of fused-ring (bicyclic) bond motifs is 1. The van der Waals surface area contributed by atoms with Gasteiger partial charge in [-0.15, -0.1) is 0 Å². The molecule has 1 fully saturated rings. The van der Waals surface area contributed by atoms with E-state index >= 15 is 0 Å². The molecule has 104 valence electrons. The largest absolute Gasteiger partial charge is 0.367 e. The standard InChI is InChI=1S/C13H13ClN4O2/c14-13-16-11-6-5-9(18(19)20)7-10(11)12(17-13)15-8-3-1-2-4-8/h5-8H,1-4H2,(H,15,16,17). The molecule has 0 unspecified atom stereocenters. The Morgan fingerprint density at radius 1 is 1.30 bits per heavy atom. The van der Waals surface area contributed by atoms with Crippen LogP contribution in [-0.4, -0.2) is 20.9 Å². The van der Waals surface area contributed by atoms with Gasteiger partial charge in [0, 0.05) is 23.6 Å². The molecule has 1 aliphatic rings. The predicted octanol–water partition coefficient (Wildman–Crippen LogP) is 3.55. The number of hydrogen-bond acceptors (Lipinski definition) is 5. The number of aromatic nitrogens is 2. The van der Waals surface area contributed by atoms with E-state index in [9.17, 15) is 10.1 Å². The molecule has 0 aliphatic heterocycles. The summed E-state index contributed by atoms with van der Waals surface area (Å²) in [7, 11) is 0. The van der Waals surface area contributed by atoms with Crippen LogP contribution in [0.15, 0.2) is 18.2 Å². The molecule has 20 heavy (non-hydrogen) atoms. The molecule has 3 rings (SSSR count). The third-order valence-electron chi connectivity index (χ3n) is 3.56. The minimum Gasteiger partial charge on any atom is -0.367 e. The lowest BCUT2D eigenvalue weighted by Gasteiger charge is -2.14. The minimum absolute atomic E-state index is 0.0258. The van der Waals surface area contributed by atoms with Gasteiger partial charge in [-0.1, -0.05) is 12.8 Å². The first-order valence-electron chi connectivity index (χ1n) is 6.52. The Morgan fingerprint density at radius 3 is 2.75 bits per heavy atom. The summed E-state index contributed by atoms with van der Waals surface area (Å²) in [6.07, 6.45) is 4.54. The molecule has 2 aromatic rings. The zero-order valence-electron chi connectivity index (χ0n) is 10.7. The number of non-ortho nitro benzene ring substituents is 1. The predicted molar refractivity (Wildman–Crippen MR) is 77.1 cm³/mol. The molecule has 1 saturated carbocycles. The van der Waals surface area contributed by atoms with Gasteiger partial charge >= 0.3 is 0 Å². The van der Waals surface area contributed by atoms with Crippen molar-refractivity contribution >= 4 is 34.0 Å². The van der Waals surface area contributed by atoms with Crippen molar-refractivity contribution in [3.8, 4) is 0 Å². The van der Waals surface area contributed by atoms with E-state index in [4.69, 9.17) is 11.6 Å². The summed E-state index contributed by atoms with van der Waals surface area (Å²) in [6.45, 7) is 0. The molecule has 1 aromatic carbocycles. The monoisotopic (exact) mass is 292 g/mol. The van der Waals surface area contributed by atoms with Crippen LogP contribution in [0.2, 0.25) is 5.28 Å². The Bertz CT molecular complexity index is 671. The molecule has 0 spiro atoms. The quantitative estimate of drug-likeness (QED) is 0.531. The molecular weight excluding hydrogens is 280 g/mol. The topological polar surface area (TPSA) is 81.0 Å². The third kappa shape index (κ3) is 2.51. The Morgan fingerprint density at radius 2 is 2.05 bits per heavy atom. The molecule has 1 aliphatic carbocycles. The van der Waals surface area contributed by atoms with Crippen molar-refractivity contribution in [3.05, 3.63) is 33.6 Å². The van der Waals surface area contributed by atoms with Crippen LogP contribution in [0, 0.1) is 10.1 Å². The highest BCUT2D eigenvalue weighted by Crippen LogP contribution is 2.29. The van der Waals surface area contributed by atoms with Crippen molar-refractivity contribution in [1.29, 1.82) is 0 Å². The van der Waals surface area contributed by atoms with Crippen LogP contribution in [0.5, 0.6) is 0 Å². The van der Waals surface area contributed by atoms with Gasteiger partial charge in [0.1, 0.15) is 5.82 Å². The number of nitrogens with one attached hydrogen (secondary N) is 1. The molecule has 0 bridgehead atoms. The molecule has 0 atom stereocenters. The van der Waals surface area contributed by atoms with Crippen LogP contribution in [-0.2, 0) is 0 Å². The van der Waals surface area contributed by atoms with Gasteiger partial charge in [-0.3, -0.25) is 10.1 Å². The van der Waals surface area contributed by atoms with E-state index in [1.807, 2.05) is 0 Å². The van der Waals surface area contributed by atoms with Crippen LogP contribution < -0.4 is 5.32 Å². The highest BCUT2D eigenvalue weighted by atomic mass is 35.5. The fourth-order valence-corrected chi connectivity index (χ4v) is 2.75. The number of rotatable bonds is 3. The summed E-state index contributed by atoms with van der Waals surface area (Å²) >= 11 is 5.92. The van der Waals surface area contributed by atoms with Crippen LogP contribution in [0.4, 0.5) is 11.5 Å². The van der Waals surface area contributed by atoms with Crippen LogP contribution >= 0.6 is 11.6 Å². The second-order valence-corrected chi connectivity index (χ2v) is 5.26. The lowest BCUT2D eigenvalue weighted by molar-refractivity contribution is -0.384. The summed E-state index contributed by atoms with van der Waals surface area (Å²) in [5.74, 6) is 0.579. The van der Waals surface area contributed by atoms with Crippen molar-refractivity contribution in [3.63, 3.8) is 0 Å². The Balaban J connectivity index is 2.07. The number of nitrogens with zero attached hydrogens (tertiary/aromatic N) is 3. The minimum atomic E-state index is -0.423. The molecular formula is C13H13ClN4O2. The molecule has 1 heterocycles. The Labute approximate surface area is 120 Å². The summed E-state index contributed by atoms with van der Waals surface area (Å²) in [5, 5.41) is 15.0. The van der Waals surface area contributed by atoms with E-state index in [1.54, 1.807) is 6.07 Å². The lowest BCUT2D eigenvalue weighted by atomic mass is 10.2. The Hall–Kier alpha value is -1.95.